The molecule has 0 bridgehead atoms. The summed E-state index contributed by atoms with van der Waals surface area (Å²) in [5.74, 6) is 0.764. The predicted octanol–water partition coefficient (Wildman–Crippen LogP) is 2.39. The van der Waals surface area contributed by atoms with E-state index in [-0.39, 0.29) is 6.04 Å². The van der Waals surface area contributed by atoms with Crippen molar-refractivity contribution >= 4 is 10.0 Å². The first-order valence-electron chi connectivity index (χ1n) is 7.36. The second-order valence-corrected chi connectivity index (χ2v) is 7.31. The van der Waals surface area contributed by atoms with Gasteiger partial charge in [-0.2, -0.15) is 0 Å². The molecule has 0 radical (unpaired) electrons. The largest absolute Gasteiger partial charge is 0.326 e. The zero-order valence-corrected chi connectivity index (χ0v) is 12.8. The van der Waals surface area contributed by atoms with Crippen molar-refractivity contribution in [3.63, 3.8) is 0 Å². The zero-order chi connectivity index (χ0) is 14.6. The van der Waals surface area contributed by atoms with Gasteiger partial charge in [0.2, 0.25) is 10.0 Å². The highest BCUT2D eigenvalue weighted by atomic mass is 32.2. The molecule has 0 atom stereocenters. The minimum atomic E-state index is -3.40. The zero-order valence-electron chi connectivity index (χ0n) is 12.0. The molecule has 1 aromatic rings. The van der Waals surface area contributed by atoms with Crippen LogP contribution in [-0.4, -0.2) is 14.5 Å². The fraction of sp³-hybridized carbons (Fsp3) is 0.600. The Morgan fingerprint density at radius 2 is 1.75 bits per heavy atom. The third-order valence-corrected chi connectivity index (χ3v) is 5.75. The van der Waals surface area contributed by atoms with Gasteiger partial charge in [-0.05, 0) is 49.3 Å². The van der Waals surface area contributed by atoms with E-state index in [2.05, 4.69) is 11.6 Å². The molecule has 0 spiro atoms. The Balaban J connectivity index is 2.00. The van der Waals surface area contributed by atoms with Gasteiger partial charge in [-0.1, -0.05) is 25.5 Å². The predicted molar refractivity (Wildman–Crippen MR) is 80.7 cm³/mol. The number of nitrogens with one attached hydrogen (secondary N) is 1. The smallest absolute Gasteiger partial charge is 0.240 e. The highest BCUT2D eigenvalue weighted by Crippen LogP contribution is 2.27. The van der Waals surface area contributed by atoms with Crippen LogP contribution >= 0.6 is 0 Å². The van der Waals surface area contributed by atoms with E-state index in [0.717, 1.165) is 37.2 Å². The molecule has 112 valence electrons. The van der Waals surface area contributed by atoms with E-state index in [1.54, 1.807) is 24.3 Å². The van der Waals surface area contributed by atoms with Crippen molar-refractivity contribution in [2.75, 3.05) is 0 Å². The molecule has 0 amide bonds. The summed E-state index contributed by atoms with van der Waals surface area (Å²) in [6.07, 6.45) is 5.32. The fourth-order valence-electron chi connectivity index (χ4n) is 2.78. The highest BCUT2D eigenvalue weighted by molar-refractivity contribution is 7.89. The maximum atomic E-state index is 12.3. The Bertz CT molecular complexity index is 517. The maximum Gasteiger partial charge on any atom is 0.240 e. The summed E-state index contributed by atoms with van der Waals surface area (Å²) < 4.78 is 27.5. The van der Waals surface area contributed by atoms with Crippen molar-refractivity contribution in [1.29, 1.82) is 0 Å². The molecule has 1 aliphatic rings. The van der Waals surface area contributed by atoms with Crippen molar-refractivity contribution in [3.05, 3.63) is 29.8 Å². The summed E-state index contributed by atoms with van der Waals surface area (Å²) in [4.78, 5) is 0.326. The molecule has 5 heteroatoms. The van der Waals surface area contributed by atoms with Crippen LogP contribution < -0.4 is 10.5 Å². The van der Waals surface area contributed by atoms with Crippen molar-refractivity contribution in [3.8, 4) is 0 Å². The van der Waals surface area contributed by atoms with Gasteiger partial charge in [-0.15, -0.1) is 0 Å². The molecule has 0 saturated heterocycles. The standard InChI is InChI=1S/C15H24N2O2S/c1-2-12-3-7-14(8-4-12)17-20(18,19)15-9-5-13(11-16)6-10-15/h5-6,9-10,12,14,17H,2-4,7-8,11,16H2,1H3. The Labute approximate surface area is 121 Å². The molecule has 3 N–H and O–H groups in total. The third kappa shape index (κ3) is 3.81. The van der Waals surface area contributed by atoms with E-state index < -0.39 is 10.0 Å². The quantitative estimate of drug-likeness (QED) is 0.876. The van der Waals surface area contributed by atoms with Crippen molar-refractivity contribution in [2.45, 2.75) is 56.5 Å². The average molecular weight is 296 g/mol. The molecule has 4 nitrogen and oxygen atoms in total. The SMILES string of the molecule is CCC1CCC(NS(=O)(=O)c2ccc(CN)cc2)CC1. The third-order valence-electron chi connectivity index (χ3n) is 4.22. The molecule has 20 heavy (non-hydrogen) atoms. The van der Waals surface area contributed by atoms with E-state index in [9.17, 15) is 8.42 Å². The molecule has 1 saturated carbocycles. The molecular formula is C15H24N2O2S. The summed E-state index contributed by atoms with van der Waals surface area (Å²) in [6, 6.07) is 6.87. The molecule has 1 aliphatic carbocycles. The molecular weight excluding hydrogens is 272 g/mol. The lowest BCUT2D eigenvalue weighted by atomic mass is 9.85. The van der Waals surface area contributed by atoms with Gasteiger partial charge in [-0.3, -0.25) is 0 Å². The Hall–Kier alpha value is -0.910. The lowest BCUT2D eigenvalue weighted by molar-refractivity contribution is 0.306. The molecule has 1 fully saturated rings. The molecule has 0 unspecified atom stereocenters. The minimum Gasteiger partial charge on any atom is -0.326 e. The number of hydrogen-bond acceptors (Lipinski definition) is 3. The van der Waals surface area contributed by atoms with Crippen molar-refractivity contribution < 1.29 is 8.42 Å². The summed E-state index contributed by atoms with van der Waals surface area (Å²) in [5.41, 5.74) is 6.46. The summed E-state index contributed by atoms with van der Waals surface area (Å²) in [5, 5.41) is 0. The van der Waals surface area contributed by atoms with Crippen molar-refractivity contribution in [2.24, 2.45) is 11.7 Å². The molecule has 0 heterocycles. The highest BCUT2D eigenvalue weighted by Gasteiger charge is 2.24. The van der Waals surface area contributed by atoms with Gasteiger partial charge >= 0.3 is 0 Å². The Kier molecular flexibility index (Phi) is 5.18. The van der Waals surface area contributed by atoms with Gasteiger partial charge in [0.05, 0.1) is 4.90 Å². The topological polar surface area (TPSA) is 72.2 Å². The van der Waals surface area contributed by atoms with Gasteiger partial charge in [0.15, 0.2) is 0 Å². The van der Waals surface area contributed by atoms with Crippen LogP contribution in [-0.2, 0) is 16.6 Å². The average Bonchev–Trinajstić information content (AvgIpc) is 2.48. The summed E-state index contributed by atoms with van der Waals surface area (Å²) in [7, 11) is -3.40. The van der Waals surface area contributed by atoms with Crippen LogP contribution in [0.25, 0.3) is 0 Å². The first kappa shape index (κ1) is 15.5. The van der Waals surface area contributed by atoms with Crippen molar-refractivity contribution in [1.82, 2.24) is 4.72 Å². The Morgan fingerprint density at radius 3 is 2.25 bits per heavy atom. The van der Waals surface area contributed by atoms with Crippen LogP contribution in [0.4, 0.5) is 0 Å². The first-order valence-corrected chi connectivity index (χ1v) is 8.84. The van der Waals surface area contributed by atoms with Crippen LogP contribution in [0.2, 0.25) is 0 Å². The van der Waals surface area contributed by atoms with E-state index in [1.807, 2.05) is 0 Å². The van der Waals surface area contributed by atoms with Crippen LogP contribution in [0.15, 0.2) is 29.2 Å². The van der Waals surface area contributed by atoms with Gasteiger partial charge in [0.25, 0.3) is 0 Å². The van der Waals surface area contributed by atoms with Gasteiger partial charge in [0.1, 0.15) is 0 Å². The number of nitrogens with two attached hydrogens (primary N) is 1. The number of benzene rings is 1. The fourth-order valence-corrected chi connectivity index (χ4v) is 4.09. The normalized spacial score (nSPS) is 23.7. The summed E-state index contributed by atoms with van der Waals surface area (Å²) in [6.45, 7) is 2.63. The van der Waals surface area contributed by atoms with E-state index >= 15 is 0 Å². The number of rotatable bonds is 5. The van der Waals surface area contributed by atoms with Gasteiger partial charge in [0, 0.05) is 12.6 Å². The molecule has 0 aliphatic heterocycles. The second kappa shape index (κ2) is 6.70. The number of sulfonamides is 1. The van der Waals surface area contributed by atoms with Crippen LogP contribution in [0.5, 0.6) is 0 Å². The lowest BCUT2D eigenvalue weighted by Crippen LogP contribution is -2.37. The lowest BCUT2D eigenvalue weighted by Gasteiger charge is -2.28. The molecule has 1 aromatic carbocycles. The van der Waals surface area contributed by atoms with Crippen LogP contribution in [0, 0.1) is 5.92 Å². The Morgan fingerprint density at radius 1 is 1.15 bits per heavy atom. The molecule has 0 aromatic heterocycles. The van der Waals surface area contributed by atoms with Gasteiger partial charge < -0.3 is 5.73 Å². The van der Waals surface area contributed by atoms with E-state index in [0.29, 0.717) is 11.4 Å². The van der Waals surface area contributed by atoms with Crippen LogP contribution in [0.3, 0.4) is 0 Å². The summed E-state index contributed by atoms with van der Waals surface area (Å²) >= 11 is 0. The first-order chi connectivity index (χ1) is 9.55. The van der Waals surface area contributed by atoms with Crippen LogP contribution in [0.1, 0.15) is 44.6 Å². The maximum absolute atomic E-state index is 12.3. The van der Waals surface area contributed by atoms with E-state index in [1.165, 1.54) is 6.42 Å². The van der Waals surface area contributed by atoms with E-state index in [4.69, 9.17) is 5.73 Å². The van der Waals surface area contributed by atoms with Gasteiger partial charge in [-0.25, -0.2) is 13.1 Å². The minimum absolute atomic E-state index is 0.0805. The number of hydrogen-bond donors (Lipinski definition) is 2. The second-order valence-electron chi connectivity index (χ2n) is 5.60. The molecule has 2 rings (SSSR count). The monoisotopic (exact) mass is 296 g/mol.